The highest BCUT2D eigenvalue weighted by Gasteiger charge is 2.12. The third-order valence-corrected chi connectivity index (χ3v) is 3.53. The molecule has 5 nitrogen and oxygen atoms in total. The number of nitrogens with zero attached hydrogens (tertiary/aromatic N) is 3. The lowest BCUT2D eigenvalue weighted by molar-refractivity contribution is 0.0695. The van der Waals surface area contributed by atoms with Crippen LogP contribution in [0.4, 0.5) is 5.69 Å². The summed E-state index contributed by atoms with van der Waals surface area (Å²) in [5.74, 6) is -0.931. The van der Waals surface area contributed by atoms with Crippen molar-refractivity contribution in [3.63, 3.8) is 0 Å². The summed E-state index contributed by atoms with van der Waals surface area (Å²) < 4.78 is 0. The number of carboxylic acids is 1. The number of carbonyl (C=O) groups is 1. The van der Waals surface area contributed by atoms with Gasteiger partial charge in [0.1, 0.15) is 0 Å². The summed E-state index contributed by atoms with van der Waals surface area (Å²) in [4.78, 5) is 13.0. The fraction of sp³-hybridized carbons (Fsp3) is 0.214. The summed E-state index contributed by atoms with van der Waals surface area (Å²) in [7, 11) is 1.84. The summed E-state index contributed by atoms with van der Waals surface area (Å²) in [5, 5.41) is 17.1. The highest BCUT2D eigenvalue weighted by atomic mass is 35.5. The Morgan fingerprint density at radius 3 is 2.71 bits per heavy atom. The van der Waals surface area contributed by atoms with E-state index in [1.807, 2.05) is 18.0 Å². The Hall–Kier alpha value is -1.85. The minimum absolute atomic E-state index is 0.257. The summed E-state index contributed by atoms with van der Waals surface area (Å²) in [6.07, 6.45) is 0.565. The lowest BCUT2D eigenvalue weighted by atomic mass is 10.0. The molecule has 0 aliphatic heterocycles. The third kappa shape index (κ3) is 3.83. The number of rotatable bonds is 5. The van der Waals surface area contributed by atoms with Crippen LogP contribution < -0.4 is 4.90 Å². The van der Waals surface area contributed by atoms with E-state index in [4.69, 9.17) is 28.3 Å². The second kappa shape index (κ2) is 6.74. The van der Waals surface area contributed by atoms with Gasteiger partial charge in [0.2, 0.25) is 0 Å². The van der Waals surface area contributed by atoms with Crippen molar-refractivity contribution < 1.29 is 9.90 Å². The summed E-state index contributed by atoms with van der Waals surface area (Å²) in [5.41, 5.74) is 1.73. The van der Waals surface area contributed by atoms with Crippen LogP contribution in [0.3, 0.4) is 0 Å². The molecule has 0 radical (unpaired) electrons. The van der Waals surface area contributed by atoms with Crippen LogP contribution >= 0.6 is 23.2 Å². The van der Waals surface area contributed by atoms with E-state index in [2.05, 4.69) is 10.2 Å². The van der Waals surface area contributed by atoms with Crippen molar-refractivity contribution in [1.82, 2.24) is 10.2 Å². The molecule has 0 saturated heterocycles. The first kappa shape index (κ1) is 15.5. The van der Waals surface area contributed by atoms with Crippen molar-refractivity contribution >= 4 is 34.9 Å². The van der Waals surface area contributed by atoms with Crippen molar-refractivity contribution in [2.75, 3.05) is 18.5 Å². The Labute approximate surface area is 132 Å². The van der Waals surface area contributed by atoms with Crippen molar-refractivity contribution in [2.45, 2.75) is 6.42 Å². The minimum atomic E-state index is -0.931. The number of halogens is 2. The number of benzene rings is 1. The largest absolute Gasteiger partial charge is 0.478 e. The predicted octanol–water partition coefficient (Wildman–Crippen LogP) is 3.16. The second-order valence-corrected chi connectivity index (χ2v) is 5.22. The molecule has 0 saturated carbocycles. The maximum atomic E-state index is 11.2. The Kier molecular flexibility index (Phi) is 4.98. The molecule has 1 aromatic heterocycles. The van der Waals surface area contributed by atoms with E-state index in [9.17, 15) is 4.79 Å². The average molecular weight is 326 g/mol. The Morgan fingerprint density at radius 2 is 2.00 bits per heavy atom. The van der Waals surface area contributed by atoms with Crippen LogP contribution in [0.15, 0.2) is 30.3 Å². The van der Waals surface area contributed by atoms with Crippen molar-refractivity contribution in [3.05, 3.63) is 51.8 Å². The molecule has 0 bridgehead atoms. The van der Waals surface area contributed by atoms with E-state index in [1.54, 1.807) is 24.3 Å². The topological polar surface area (TPSA) is 66.3 Å². The molecule has 110 valence electrons. The molecule has 1 aromatic carbocycles. The molecular formula is C14H13Cl2N3O2. The molecule has 1 heterocycles. The fourth-order valence-electron chi connectivity index (χ4n) is 1.97. The number of carboxylic acid groups (broad SMARTS) is 1. The van der Waals surface area contributed by atoms with Crippen molar-refractivity contribution in [1.29, 1.82) is 0 Å². The van der Waals surface area contributed by atoms with Crippen LogP contribution in [-0.4, -0.2) is 34.9 Å². The molecule has 0 fully saturated rings. The number of anilines is 1. The third-order valence-electron chi connectivity index (χ3n) is 3.08. The SMILES string of the molecule is CN(CCc1ccccc1C(=O)O)c1cc(Cl)nnc1Cl. The van der Waals surface area contributed by atoms with Gasteiger partial charge in [0.15, 0.2) is 10.3 Å². The molecule has 2 aromatic rings. The zero-order valence-electron chi connectivity index (χ0n) is 11.3. The quantitative estimate of drug-likeness (QED) is 0.914. The van der Waals surface area contributed by atoms with Gasteiger partial charge in [0.05, 0.1) is 11.3 Å². The molecule has 1 N–H and O–H groups in total. The summed E-state index contributed by atoms with van der Waals surface area (Å²) in [6, 6.07) is 8.55. The standard InChI is InChI=1S/C14H13Cl2N3O2/c1-19(11-8-12(15)17-18-13(11)16)7-6-9-4-2-3-5-10(9)14(20)21/h2-5,8H,6-7H2,1H3,(H,20,21). The Morgan fingerprint density at radius 1 is 1.29 bits per heavy atom. The van der Waals surface area contributed by atoms with Crippen LogP contribution in [0.1, 0.15) is 15.9 Å². The fourth-order valence-corrected chi connectivity index (χ4v) is 2.35. The highest BCUT2D eigenvalue weighted by molar-refractivity contribution is 6.33. The van der Waals surface area contributed by atoms with Gasteiger partial charge < -0.3 is 10.0 Å². The molecule has 2 rings (SSSR count). The van der Waals surface area contributed by atoms with Crippen LogP contribution in [-0.2, 0) is 6.42 Å². The molecule has 0 unspecified atom stereocenters. The number of aromatic carboxylic acids is 1. The van der Waals surface area contributed by atoms with Crippen molar-refractivity contribution in [3.8, 4) is 0 Å². The molecule has 0 spiro atoms. The maximum absolute atomic E-state index is 11.2. The van der Waals surface area contributed by atoms with E-state index in [-0.39, 0.29) is 10.3 Å². The zero-order chi connectivity index (χ0) is 15.4. The molecule has 0 aliphatic carbocycles. The van der Waals surface area contributed by atoms with Gasteiger partial charge in [0, 0.05) is 19.7 Å². The lowest BCUT2D eigenvalue weighted by Crippen LogP contribution is -2.22. The number of hydrogen-bond acceptors (Lipinski definition) is 4. The van der Waals surface area contributed by atoms with E-state index in [0.717, 1.165) is 5.56 Å². The lowest BCUT2D eigenvalue weighted by Gasteiger charge is -2.20. The van der Waals surface area contributed by atoms with E-state index in [0.29, 0.717) is 24.2 Å². The van der Waals surface area contributed by atoms with Gasteiger partial charge in [0.25, 0.3) is 0 Å². The first-order valence-electron chi connectivity index (χ1n) is 6.20. The Balaban J connectivity index is 2.13. The van der Waals surface area contributed by atoms with Gasteiger partial charge >= 0.3 is 5.97 Å². The van der Waals surface area contributed by atoms with E-state index in [1.165, 1.54) is 0 Å². The first-order valence-corrected chi connectivity index (χ1v) is 6.95. The number of likely N-dealkylation sites (N-methyl/N-ethyl adjacent to an activating group) is 1. The molecule has 7 heteroatoms. The van der Waals surface area contributed by atoms with Gasteiger partial charge in [-0.25, -0.2) is 4.79 Å². The van der Waals surface area contributed by atoms with E-state index < -0.39 is 5.97 Å². The molecule has 0 atom stereocenters. The van der Waals surface area contributed by atoms with Gasteiger partial charge in [-0.05, 0) is 18.1 Å². The minimum Gasteiger partial charge on any atom is -0.478 e. The van der Waals surface area contributed by atoms with Crippen LogP contribution in [0.5, 0.6) is 0 Å². The highest BCUT2D eigenvalue weighted by Crippen LogP contribution is 2.24. The Bertz CT molecular complexity index is 664. The monoisotopic (exact) mass is 325 g/mol. The normalized spacial score (nSPS) is 10.4. The first-order chi connectivity index (χ1) is 9.99. The predicted molar refractivity (Wildman–Crippen MR) is 82.4 cm³/mol. The number of aromatic nitrogens is 2. The molecular weight excluding hydrogens is 313 g/mol. The molecule has 0 amide bonds. The smallest absolute Gasteiger partial charge is 0.335 e. The zero-order valence-corrected chi connectivity index (χ0v) is 12.8. The second-order valence-electron chi connectivity index (χ2n) is 4.48. The van der Waals surface area contributed by atoms with Crippen LogP contribution in [0.25, 0.3) is 0 Å². The number of hydrogen-bond donors (Lipinski definition) is 1. The van der Waals surface area contributed by atoms with E-state index >= 15 is 0 Å². The summed E-state index contributed by atoms with van der Waals surface area (Å²) in [6.45, 7) is 0.575. The summed E-state index contributed by atoms with van der Waals surface area (Å²) >= 11 is 11.8. The van der Waals surface area contributed by atoms with Crippen molar-refractivity contribution in [2.24, 2.45) is 0 Å². The van der Waals surface area contributed by atoms with Crippen LogP contribution in [0.2, 0.25) is 10.3 Å². The van der Waals surface area contributed by atoms with Gasteiger partial charge in [-0.2, -0.15) is 0 Å². The molecule has 0 aliphatic rings. The van der Waals surface area contributed by atoms with Crippen LogP contribution in [0, 0.1) is 0 Å². The molecule has 21 heavy (non-hydrogen) atoms. The van der Waals surface area contributed by atoms with Gasteiger partial charge in [-0.1, -0.05) is 41.4 Å². The maximum Gasteiger partial charge on any atom is 0.335 e. The van der Waals surface area contributed by atoms with Gasteiger partial charge in [-0.15, -0.1) is 10.2 Å². The average Bonchev–Trinajstić information content (AvgIpc) is 2.47. The van der Waals surface area contributed by atoms with Gasteiger partial charge in [-0.3, -0.25) is 0 Å².